The van der Waals surface area contributed by atoms with E-state index >= 15 is 0 Å². The highest BCUT2D eigenvalue weighted by Crippen LogP contribution is 2.17. The summed E-state index contributed by atoms with van der Waals surface area (Å²) in [6.45, 7) is 2.90. The Balaban J connectivity index is 1.63. The first-order chi connectivity index (χ1) is 10.3. The number of benzene rings is 2. The van der Waals surface area contributed by atoms with Crippen LogP contribution in [0.25, 0.3) is 0 Å². The molecule has 0 unspecified atom stereocenters. The van der Waals surface area contributed by atoms with Crippen LogP contribution in [0.15, 0.2) is 48.5 Å². The minimum atomic E-state index is 0.811. The third-order valence-corrected chi connectivity index (χ3v) is 3.81. The van der Waals surface area contributed by atoms with Crippen molar-refractivity contribution in [3.05, 3.63) is 65.2 Å². The molecule has 0 aromatic heterocycles. The first-order valence-corrected chi connectivity index (χ1v) is 7.27. The summed E-state index contributed by atoms with van der Waals surface area (Å²) in [6.07, 6.45) is 1.12. The van der Waals surface area contributed by atoms with Crippen molar-refractivity contribution >= 4 is 0 Å². The highest BCUT2D eigenvalue weighted by atomic mass is 16.5. The molecule has 0 spiro atoms. The van der Waals surface area contributed by atoms with Gasteiger partial charge in [0.2, 0.25) is 0 Å². The number of fused-ring (bicyclic) bond motifs is 1. The number of rotatable bonds is 2. The zero-order valence-electron chi connectivity index (χ0n) is 12.3. The summed E-state index contributed by atoms with van der Waals surface area (Å²) < 4.78 is 5.21. The summed E-state index contributed by atoms with van der Waals surface area (Å²) in [6, 6.07) is 16.6. The molecule has 3 rings (SSSR count). The summed E-state index contributed by atoms with van der Waals surface area (Å²) in [4.78, 5) is 2.40. The van der Waals surface area contributed by atoms with Gasteiger partial charge in [-0.05, 0) is 35.7 Å². The molecule has 0 atom stereocenters. The molecular weight excluding hydrogens is 258 g/mol. The quantitative estimate of drug-likeness (QED) is 0.782. The fourth-order valence-corrected chi connectivity index (χ4v) is 2.64. The minimum absolute atomic E-state index is 0.811. The highest BCUT2D eigenvalue weighted by Gasteiger charge is 2.13. The Morgan fingerprint density at radius 3 is 2.81 bits per heavy atom. The maximum Gasteiger partial charge on any atom is 0.120 e. The van der Waals surface area contributed by atoms with Crippen LogP contribution < -0.4 is 4.74 Å². The van der Waals surface area contributed by atoms with E-state index in [0.29, 0.717) is 0 Å². The Morgan fingerprint density at radius 1 is 1.10 bits per heavy atom. The van der Waals surface area contributed by atoms with Gasteiger partial charge in [0.05, 0.1) is 13.7 Å². The number of hydrogen-bond donors (Lipinski definition) is 0. The van der Waals surface area contributed by atoms with Crippen LogP contribution in [0.5, 0.6) is 5.75 Å². The fraction of sp³-hybridized carbons (Fsp3) is 0.263. The van der Waals surface area contributed by atoms with Crippen LogP contribution in [0.3, 0.4) is 0 Å². The second-order valence-corrected chi connectivity index (χ2v) is 5.26. The Kier molecular flexibility index (Phi) is 4.23. The van der Waals surface area contributed by atoms with Gasteiger partial charge in [0.15, 0.2) is 0 Å². The zero-order chi connectivity index (χ0) is 14.5. The third-order valence-electron chi connectivity index (χ3n) is 3.81. The van der Waals surface area contributed by atoms with Crippen LogP contribution >= 0.6 is 0 Å². The zero-order valence-corrected chi connectivity index (χ0v) is 12.3. The molecule has 1 aliphatic heterocycles. The van der Waals surface area contributed by atoms with Gasteiger partial charge in [-0.15, -0.1) is 0 Å². The highest BCUT2D eigenvalue weighted by molar-refractivity contribution is 5.40. The third kappa shape index (κ3) is 3.45. The lowest BCUT2D eigenvalue weighted by molar-refractivity contribution is 0.286. The average Bonchev–Trinajstić information content (AvgIpc) is 2.55. The van der Waals surface area contributed by atoms with Crippen LogP contribution in [0.2, 0.25) is 0 Å². The number of hydrogen-bond acceptors (Lipinski definition) is 2. The topological polar surface area (TPSA) is 12.5 Å². The standard InChI is InChI=1S/C19H19NO/c1-21-19-10-4-6-16(14-19)7-5-12-20-13-11-17-8-2-3-9-18(17)15-20/h2-4,6,8-10,14H,11-13,15H2,1H3. The van der Waals surface area contributed by atoms with Gasteiger partial charge < -0.3 is 4.74 Å². The van der Waals surface area contributed by atoms with E-state index in [9.17, 15) is 0 Å². The van der Waals surface area contributed by atoms with E-state index in [1.54, 1.807) is 7.11 Å². The second-order valence-electron chi connectivity index (χ2n) is 5.26. The van der Waals surface area contributed by atoms with E-state index in [1.807, 2.05) is 24.3 Å². The predicted octanol–water partition coefficient (Wildman–Crippen LogP) is 3.11. The molecule has 0 bridgehead atoms. The molecule has 0 amide bonds. The Morgan fingerprint density at radius 2 is 1.95 bits per heavy atom. The van der Waals surface area contributed by atoms with Crippen LogP contribution in [0, 0.1) is 11.8 Å². The maximum absolute atomic E-state index is 5.21. The van der Waals surface area contributed by atoms with Crippen molar-refractivity contribution in [3.8, 4) is 17.6 Å². The van der Waals surface area contributed by atoms with Gasteiger partial charge in [0.25, 0.3) is 0 Å². The van der Waals surface area contributed by atoms with Gasteiger partial charge in [-0.3, -0.25) is 4.90 Å². The van der Waals surface area contributed by atoms with Gasteiger partial charge in [0.1, 0.15) is 5.75 Å². The predicted molar refractivity (Wildman–Crippen MR) is 85.3 cm³/mol. The van der Waals surface area contributed by atoms with Gasteiger partial charge in [-0.1, -0.05) is 42.2 Å². The van der Waals surface area contributed by atoms with Crippen molar-refractivity contribution in [2.75, 3.05) is 20.2 Å². The molecule has 2 heteroatoms. The first-order valence-electron chi connectivity index (χ1n) is 7.27. The number of nitrogens with zero attached hydrogens (tertiary/aromatic N) is 1. The average molecular weight is 277 g/mol. The molecule has 2 nitrogen and oxygen atoms in total. The number of methoxy groups -OCH3 is 1. The molecule has 0 radical (unpaired) electrons. The molecule has 21 heavy (non-hydrogen) atoms. The van der Waals surface area contributed by atoms with E-state index in [1.165, 1.54) is 11.1 Å². The fourth-order valence-electron chi connectivity index (χ4n) is 2.64. The van der Waals surface area contributed by atoms with Gasteiger partial charge >= 0.3 is 0 Å². The summed E-state index contributed by atoms with van der Waals surface area (Å²) in [7, 11) is 1.68. The van der Waals surface area contributed by atoms with E-state index in [4.69, 9.17) is 4.74 Å². The van der Waals surface area contributed by atoms with Crippen LogP contribution in [-0.2, 0) is 13.0 Å². The smallest absolute Gasteiger partial charge is 0.120 e. The SMILES string of the molecule is COc1cccc(C#CCN2CCc3ccccc3C2)c1. The molecule has 0 N–H and O–H groups in total. The molecule has 0 aliphatic carbocycles. The Hall–Kier alpha value is -2.24. The Bertz CT molecular complexity index is 681. The van der Waals surface area contributed by atoms with Crippen molar-refractivity contribution in [2.45, 2.75) is 13.0 Å². The van der Waals surface area contributed by atoms with Crippen LogP contribution in [-0.4, -0.2) is 25.1 Å². The van der Waals surface area contributed by atoms with E-state index in [2.05, 4.69) is 41.0 Å². The lowest BCUT2D eigenvalue weighted by Crippen LogP contribution is -2.30. The van der Waals surface area contributed by atoms with Crippen molar-refractivity contribution < 1.29 is 4.74 Å². The van der Waals surface area contributed by atoms with Crippen molar-refractivity contribution in [3.63, 3.8) is 0 Å². The molecular formula is C19H19NO. The summed E-state index contributed by atoms with van der Waals surface area (Å²) in [5, 5.41) is 0. The summed E-state index contributed by atoms with van der Waals surface area (Å²) >= 11 is 0. The number of ether oxygens (including phenoxy) is 1. The Labute approximate surface area is 126 Å². The molecule has 106 valence electrons. The summed E-state index contributed by atoms with van der Waals surface area (Å²) in [5.74, 6) is 7.35. The summed E-state index contributed by atoms with van der Waals surface area (Å²) in [5.41, 5.74) is 3.92. The molecule has 0 saturated carbocycles. The molecule has 0 fully saturated rings. The van der Waals surface area contributed by atoms with Crippen molar-refractivity contribution in [2.24, 2.45) is 0 Å². The maximum atomic E-state index is 5.21. The normalized spacial score (nSPS) is 14.0. The van der Waals surface area contributed by atoms with Crippen LogP contribution in [0.1, 0.15) is 16.7 Å². The van der Waals surface area contributed by atoms with E-state index in [-0.39, 0.29) is 0 Å². The van der Waals surface area contributed by atoms with E-state index < -0.39 is 0 Å². The molecule has 0 saturated heterocycles. The lowest BCUT2D eigenvalue weighted by atomic mass is 10.00. The van der Waals surface area contributed by atoms with Crippen LogP contribution in [0.4, 0.5) is 0 Å². The molecule has 2 aromatic carbocycles. The first kappa shape index (κ1) is 13.7. The van der Waals surface area contributed by atoms with Crippen molar-refractivity contribution in [1.82, 2.24) is 4.90 Å². The lowest BCUT2D eigenvalue weighted by Gasteiger charge is -2.26. The second kappa shape index (κ2) is 6.47. The molecule has 1 aliphatic rings. The molecule has 1 heterocycles. The van der Waals surface area contributed by atoms with Crippen molar-refractivity contribution in [1.29, 1.82) is 0 Å². The largest absolute Gasteiger partial charge is 0.497 e. The van der Waals surface area contributed by atoms with Gasteiger partial charge in [-0.25, -0.2) is 0 Å². The van der Waals surface area contributed by atoms with Gasteiger partial charge in [-0.2, -0.15) is 0 Å². The monoisotopic (exact) mass is 277 g/mol. The van der Waals surface area contributed by atoms with E-state index in [0.717, 1.165) is 37.4 Å². The van der Waals surface area contributed by atoms with Gasteiger partial charge in [0, 0.05) is 18.7 Å². The molecule has 2 aromatic rings. The minimum Gasteiger partial charge on any atom is -0.497 e.